The van der Waals surface area contributed by atoms with Gasteiger partial charge in [0.25, 0.3) is 5.56 Å². The maximum absolute atomic E-state index is 12.2. The molecule has 1 aromatic heterocycles. The maximum Gasteiger partial charge on any atom is 0.258 e. The number of fused-ring (bicyclic) bond motifs is 1. The van der Waals surface area contributed by atoms with E-state index in [1.807, 2.05) is 24.3 Å². The number of rotatable bonds is 6. The molecule has 0 aliphatic rings. The number of carbonyl (C=O) groups excluding carboxylic acids is 1. The Balaban J connectivity index is 2.04. The van der Waals surface area contributed by atoms with Gasteiger partial charge < -0.3 is 14.6 Å². The van der Waals surface area contributed by atoms with Crippen LogP contribution in [0.1, 0.15) is 6.42 Å². The van der Waals surface area contributed by atoms with Gasteiger partial charge in [0.15, 0.2) is 0 Å². The van der Waals surface area contributed by atoms with Crippen molar-refractivity contribution in [3.05, 3.63) is 46.9 Å². The van der Waals surface area contributed by atoms with Gasteiger partial charge in [-0.2, -0.15) is 0 Å². The molecule has 0 aliphatic heterocycles. The number of nitrogens with zero attached hydrogens (tertiary/aromatic N) is 1. The van der Waals surface area contributed by atoms with E-state index in [2.05, 4.69) is 5.32 Å². The molecule has 1 amide bonds. The fourth-order valence-electron chi connectivity index (χ4n) is 2.01. The Hall–Kier alpha value is -2.14. The number of amides is 1. The second kappa shape index (κ2) is 6.86. The quantitative estimate of drug-likeness (QED) is 0.804. The van der Waals surface area contributed by atoms with Crippen molar-refractivity contribution in [2.75, 3.05) is 20.3 Å². The van der Waals surface area contributed by atoms with Gasteiger partial charge in [-0.05, 0) is 23.9 Å². The summed E-state index contributed by atoms with van der Waals surface area (Å²) in [5, 5.41) is 4.27. The molecular weight excluding hydrogens is 256 g/mol. The summed E-state index contributed by atoms with van der Waals surface area (Å²) in [4.78, 5) is 24.0. The molecular formula is C15H18N2O3. The molecule has 0 unspecified atom stereocenters. The van der Waals surface area contributed by atoms with Crippen molar-refractivity contribution in [3.8, 4) is 0 Å². The lowest BCUT2D eigenvalue weighted by Gasteiger charge is -2.08. The Kier molecular flexibility index (Phi) is 4.90. The van der Waals surface area contributed by atoms with E-state index in [-0.39, 0.29) is 18.0 Å². The summed E-state index contributed by atoms with van der Waals surface area (Å²) in [5.74, 6) is -0.168. The average molecular weight is 274 g/mol. The number of pyridine rings is 1. The average Bonchev–Trinajstić information content (AvgIpc) is 2.47. The van der Waals surface area contributed by atoms with Crippen molar-refractivity contribution in [2.24, 2.45) is 0 Å². The number of hydrogen-bond donors (Lipinski definition) is 1. The molecule has 1 heterocycles. The molecule has 20 heavy (non-hydrogen) atoms. The SMILES string of the molecule is COCCCNC(=O)Cn1ccc2ccccc2c1=O. The third-order valence-corrected chi connectivity index (χ3v) is 3.05. The number of aromatic nitrogens is 1. The van der Waals surface area contributed by atoms with Crippen molar-refractivity contribution in [1.82, 2.24) is 9.88 Å². The number of benzene rings is 1. The number of hydrogen-bond acceptors (Lipinski definition) is 3. The van der Waals surface area contributed by atoms with Crippen molar-refractivity contribution in [2.45, 2.75) is 13.0 Å². The molecule has 0 fully saturated rings. The first-order valence-corrected chi connectivity index (χ1v) is 6.56. The Morgan fingerprint density at radius 3 is 2.90 bits per heavy atom. The number of ether oxygens (including phenoxy) is 1. The summed E-state index contributed by atoms with van der Waals surface area (Å²) < 4.78 is 6.33. The van der Waals surface area contributed by atoms with Crippen LogP contribution < -0.4 is 10.9 Å². The van der Waals surface area contributed by atoms with Crippen molar-refractivity contribution in [3.63, 3.8) is 0 Å². The zero-order chi connectivity index (χ0) is 14.4. The van der Waals surface area contributed by atoms with Gasteiger partial charge in [-0.25, -0.2) is 0 Å². The van der Waals surface area contributed by atoms with Crippen molar-refractivity contribution >= 4 is 16.7 Å². The Labute approximate surface area is 117 Å². The molecule has 0 saturated heterocycles. The summed E-state index contributed by atoms with van der Waals surface area (Å²) in [6.45, 7) is 1.20. The van der Waals surface area contributed by atoms with Crippen LogP contribution >= 0.6 is 0 Å². The van der Waals surface area contributed by atoms with Gasteiger partial charge in [0.2, 0.25) is 5.91 Å². The van der Waals surface area contributed by atoms with Crippen LogP contribution in [0.15, 0.2) is 41.3 Å². The molecule has 0 atom stereocenters. The van der Waals surface area contributed by atoms with Crippen LogP contribution in [-0.2, 0) is 16.1 Å². The van der Waals surface area contributed by atoms with Crippen LogP contribution in [-0.4, -0.2) is 30.7 Å². The first-order chi connectivity index (χ1) is 9.72. The lowest BCUT2D eigenvalue weighted by atomic mass is 10.2. The minimum Gasteiger partial charge on any atom is -0.385 e. The fraction of sp³-hybridized carbons (Fsp3) is 0.333. The van der Waals surface area contributed by atoms with Crippen LogP contribution in [0.4, 0.5) is 0 Å². The second-order valence-electron chi connectivity index (χ2n) is 4.53. The maximum atomic E-state index is 12.2. The van der Waals surface area contributed by atoms with Gasteiger partial charge in [-0.15, -0.1) is 0 Å². The van der Waals surface area contributed by atoms with Crippen LogP contribution in [0, 0.1) is 0 Å². The van der Waals surface area contributed by atoms with Crippen LogP contribution in [0.2, 0.25) is 0 Å². The van der Waals surface area contributed by atoms with E-state index >= 15 is 0 Å². The van der Waals surface area contributed by atoms with Crippen LogP contribution in [0.3, 0.4) is 0 Å². The van der Waals surface area contributed by atoms with Crippen molar-refractivity contribution < 1.29 is 9.53 Å². The molecule has 5 heteroatoms. The van der Waals surface area contributed by atoms with Crippen LogP contribution in [0.5, 0.6) is 0 Å². The third kappa shape index (κ3) is 3.45. The summed E-state index contributed by atoms with van der Waals surface area (Å²) in [7, 11) is 1.62. The third-order valence-electron chi connectivity index (χ3n) is 3.05. The molecule has 2 rings (SSSR count). The predicted molar refractivity (Wildman–Crippen MR) is 77.7 cm³/mol. The zero-order valence-corrected chi connectivity index (χ0v) is 11.5. The highest BCUT2D eigenvalue weighted by molar-refractivity contribution is 5.82. The molecule has 5 nitrogen and oxygen atoms in total. The van der Waals surface area contributed by atoms with E-state index in [9.17, 15) is 9.59 Å². The van der Waals surface area contributed by atoms with E-state index in [0.29, 0.717) is 18.5 Å². The van der Waals surface area contributed by atoms with Crippen molar-refractivity contribution in [1.29, 1.82) is 0 Å². The lowest BCUT2D eigenvalue weighted by molar-refractivity contribution is -0.121. The Morgan fingerprint density at radius 1 is 1.30 bits per heavy atom. The summed E-state index contributed by atoms with van der Waals surface area (Å²) in [6.07, 6.45) is 2.41. The minimum absolute atomic E-state index is 0.0383. The summed E-state index contributed by atoms with van der Waals surface area (Å²) >= 11 is 0. The van der Waals surface area contributed by atoms with Crippen LogP contribution in [0.25, 0.3) is 10.8 Å². The number of nitrogens with one attached hydrogen (secondary N) is 1. The monoisotopic (exact) mass is 274 g/mol. The van der Waals surface area contributed by atoms with Gasteiger partial charge >= 0.3 is 0 Å². The van der Waals surface area contributed by atoms with Gasteiger partial charge in [0.05, 0.1) is 0 Å². The minimum atomic E-state index is -0.168. The molecule has 0 bridgehead atoms. The van der Waals surface area contributed by atoms with Gasteiger partial charge in [0, 0.05) is 31.8 Å². The smallest absolute Gasteiger partial charge is 0.258 e. The van der Waals surface area contributed by atoms with Gasteiger partial charge in [0.1, 0.15) is 6.54 Å². The Morgan fingerprint density at radius 2 is 2.10 bits per heavy atom. The fourth-order valence-corrected chi connectivity index (χ4v) is 2.01. The second-order valence-corrected chi connectivity index (χ2v) is 4.53. The largest absolute Gasteiger partial charge is 0.385 e. The molecule has 0 radical (unpaired) electrons. The lowest BCUT2D eigenvalue weighted by Crippen LogP contribution is -2.32. The van der Waals surface area contributed by atoms with Gasteiger partial charge in [-0.1, -0.05) is 18.2 Å². The zero-order valence-electron chi connectivity index (χ0n) is 11.5. The van der Waals surface area contributed by atoms with Gasteiger partial charge in [-0.3, -0.25) is 9.59 Å². The summed E-state index contributed by atoms with van der Waals surface area (Å²) in [6, 6.07) is 9.19. The molecule has 0 spiro atoms. The number of methoxy groups -OCH3 is 1. The topological polar surface area (TPSA) is 60.3 Å². The molecule has 0 saturated carbocycles. The van der Waals surface area contributed by atoms with E-state index in [1.54, 1.807) is 19.4 Å². The predicted octanol–water partition coefficient (Wildman–Crippen LogP) is 1.15. The Bertz CT molecular complexity index is 649. The van der Waals surface area contributed by atoms with E-state index in [0.717, 1.165) is 11.8 Å². The highest BCUT2D eigenvalue weighted by Crippen LogP contribution is 2.07. The molecule has 1 aromatic carbocycles. The highest BCUT2D eigenvalue weighted by atomic mass is 16.5. The first kappa shape index (κ1) is 14.3. The highest BCUT2D eigenvalue weighted by Gasteiger charge is 2.06. The number of carbonyl (C=O) groups is 1. The molecule has 0 aliphatic carbocycles. The van der Waals surface area contributed by atoms with E-state index in [4.69, 9.17) is 4.74 Å². The first-order valence-electron chi connectivity index (χ1n) is 6.56. The molecule has 2 aromatic rings. The molecule has 106 valence electrons. The van der Waals surface area contributed by atoms with E-state index in [1.165, 1.54) is 4.57 Å². The normalized spacial score (nSPS) is 10.7. The van der Waals surface area contributed by atoms with E-state index < -0.39 is 0 Å². The standard InChI is InChI=1S/C15H18N2O3/c1-20-10-4-8-16-14(18)11-17-9-7-12-5-2-3-6-13(12)15(17)19/h2-3,5-7,9H,4,8,10-11H2,1H3,(H,16,18). The summed E-state index contributed by atoms with van der Waals surface area (Å²) in [5.41, 5.74) is -0.143. The molecule has 1 N–H and O–H groups in total.